The first kappa shape index (κ1) is 18.0. The van der Waals surface area contributed by atoms with Gasteiger partial charge in [-0.3, -0.25) is 0 Å². The van der Waals surface area contributed by atoms with Gasteiger partial charge in [-0.2, -0.15) is 0 Å². The summed E-state index contributed by atoms with van der Waals surface area (Å²) in [5, 5.41) is 3.31. The van der Waals surface area contributed by atoms with Crippen LogP contribution >= 0.6 is 0 Å². The van der Waals surface area contributed by atoms with E-state index < -0.39 is 0 Å². The minimum atomic E-state index is -0.0325. The van der Waals surface area contributed by atoms with Gasteiger partial charge in [0.1, 0.15) is 11.4 Å². The van der Waals surface area contributed by atoms with E-state index in [1.165, 1.54) is 0 Å². The maximum atomic E-state index is 6.22. The van der Waals surface area contributed by atoms with E-state index in [1.807, 2.05) is 42.5 Å². The van der Waals surface area contributed by atoms with Gasteiger partial charge in [-0.05, 0) is 42.2 Å². The molecule has 0 bridgehead atoms. The van der Waals surface area contributed by atoms with Crippen molar-refractivity contribution in [2.24, 2.45) is 0 Å². The van der Waals surface area contributed by atoms with Crippen LogP contribution < -0.4 is 10.1 Å². The number of H-pyrrole nitrogens is 1. The number of para-hydroxylation sites is 2. The van der Waals surface area contributed by atoms with E-state index in [9.17, 15) is 0 Å². The molecule has 2 aromatic carbocycles. The van der Waals surface area contributed by atoms with E-state index in [0.29, 0.717) is 11.8 Å². The molecule has 2 aromatic heterocycles. The molecule has 0 spiro atoms. The van der Waals surface area contributed by atoms with Crippen LogP contribution in [0.2, 0.25) is 0 Å². The highest BCUT2D eigenvalue weighted by molar-refractivity contribution is 5.81. The van der Waals surface area contributed by atoms with Crippen molar-refractivity contribution < 1.29 is 4.74 Å². The van der Waals surface area contributed by atoms with Gasteiger partial charge in [-0.1, -0.05) is 51.1 Å². The third-order valence-corrected chi connectivity index (χ3v) is 4.65. The van der Waals surface area contributed by atoms with Crippen LogP contribution in [0.1, 0.15) is 31.9 Å². The van der Waals surface area contributed by atoms with Crippen LogP contribution in [0.3, 0.4) is 0 Å². The van der Waals surface area contributed by atoms with Gasteiger partial charge in [-0.15, -0.1) is 0 Å². The quantitative estimate of drug-likeness (QED) is 0.454. The van der Waals surface area contributed by atoms with Gasteiger partial charge < -0.3 is 15.0 Å². The van der Waals surface area contributed by atoms with E-state index in [1.54, 1.807) is 6.20 Å². The number of imidazole rings is 1. The fraction of sp³-hybridized carbons (Fsp3) is 0.217. The van der Waals surface area contributed by atoms with E-state index in [2.05, 4.69) is 60.1 Å². The summed E-state index contributed by atoms with van der Waals surface area (Å²) in [6.07, 6.45) is 1.73. The Kier molecular flexibility index (Phi) is 4.51. The van der Waals surface area contributed by atoms with E-state index in [0.717, 1.165) is 33.6 Å². The molecule has 0 saturated carbocycles. The van der Waals surface area contributed by atoms with E-state index >= 15 is 0 Å². The molecule has 2 N–H and O–H groups in total. The molecule has 0 fully saturated rings. The van der Waals surface area contributed by atoms with Gasteiger partial charge in [0.25, 0.3) is 0 Å². The van der Waals surface area contributed by atoms with Crippen LogP contribution in [0.25, 0.3) is 11.0 Å². The van der Waals surface area contributed by atoms with Gasteiger partial charge in [0.15, 0.2) is 0 Å². The fourth-order valence-electron chi connectivity index (χ4n) is 3.21. The number of aryl methyl sites for hydroxylation is 1. The molecule has 2 heterocycles. The summed E-state index contributed by atoms with van der Waals surface area (Å²) in [6, 6.07) is 17.9. The zero-order chi connectivity index (χ0) is 19.7. The summed E-state index contributed by atoms with van der Waals surface area (Å²) in [5.74, 6) is 1.97. The summed E-state index contributed by atoms with van der Waals surface area (Å²) in [4.78, 5) is 12.4. The molecule has 0 radical (unpaired) electrons. The second-order valence-electron chi connectivity index (χ2n) is 7.88. The molecule has 0 saturated heterocycles. The van der Waals surface area contributed by atoms with Crippen LogP contribution in [0, 0.1) is 6.92 Å². The van der Waals surface area contributed by atoms with Crippen molar-refractivity contribution in [3.8, 4) is 11.6 Å². The molecule has 0 aliphatic carbocycles. The van der Waals surface area contributed by atoms with Crippen LogP contribution in [-0.2, 0) is 5.41 Å². The molecule has 0 unspecified atom stereocenters. The third-order valence-electron chi connectivity index (χ3n) is 4.65. The van der Waals surface area contributed by atoms with Crippen LogP contribution in [0.15, 0.2) is 60.8 Å². The summed E-state index contributed by atoms with van der Waals surface area (Å²) >= 11 is 0. The van der Waals surface area contributed by atoms with Crippen molar-refractivity contribution in [3.05, 3.63) is 71.9 Å². The van der Waals surface area contributed by atoms with Crippen molar-refractivity contribution >= 4 is 22.7 Å². The predicted octanol–water partition coefficient (Wildman–Crippen LogP) is 6.10. The first-order chi connectivity index (χ1) is 13.4. The van der Waals surface area contributed by atoms with Crippen LogP contribution in [0.5, 0.6) is 11.6 Å². The molecule has 5 nitrogen and oxygen atoms in total. The average Bonchev–Trinajstić information content (AvgIpc) is 3.07. The Morgan fingerprint density at radius 1 is 0.964 bits per heavy atom. The number of aromatic amines is 1. The minimum absolute atomic E-state index is 0.0325. The lowest BCUT2D eigenvalue weighted by molar-refractivity contribution is 0.442. The zero-order valence-corrected chi connectivity index (χ0v) is 16.6. The van der Waals surface area contributed by atoms with Gasteiger partial charge in [0.2, 0.25) is 11.8 Å². The zero-order valence-electron chi connectivity index (χ0n) is 16.6. The summed E-state index contributed by atoms with van der Waals surface area (Å²) < 4.78 is 6.22. The van der Waals surface area contributed by atoms with Crippen molar-refractivity contribution in [1.29, 1.82) is 0 Å². The largest absolute Gasteiger partial charge is 0.437 e. The lowest BCUT2D eigenvalue weighted by atomic mass is 9.86. The molecule has 142 valence electrons. The summed E-state index contributed by atoms with van der Waals surface area (Å²) in [7, 11) is 0. The molecule has 0 atom stereocenters. The Bertz CT molecular complexity index is 1120. The number of ether oxygens (including phenoxy) is 1. The van der Waals surface area contributed by atoms with E-state index in [4.69, 9.17) is 4.74 Å². The van der Waals surface area contributed by atoms with Crippen LogP contribution in [-0.4, -0.2) is 15.0 Å². The molecule has 0 amide bonds. The molecular weight excluding hydrogens is 348 g/mol. The number of fused-ring (bicyclic) bond motifs is 1. The lowest BCUT2D eigenvalue weighted by Gasteiger charge is -2.22. The topological polar surface area (TPSA) is 62.8 Å². The number of aromatic nitrogens is 3. The second kappa shape index (κ2) is 7.00. The van der Waals surface area contributed by atoms with Crippen molar-refractivity contribution in [1.82, 2.24) is 15.0 Å². The van der Waals surface area contributed by atoms with Crippen LogP contribution in [0.4, 0.5) is 11.6 Å². The number of benzene rings is 2. The third kappa shape index (κ3) is 3.56. The van der Waals surface area contributed by atoms with Crippen molar-refractivity contribution in [2.45, 2.75) is 33.1 Å². The predicted molar refractivity (Wildman–Crippen MR) is 114 cm³/mol. The number of hydrogen-bond donors (Lipinski definition) is 2. The molecule has 4 aromatic rings. The Labute approximate surface area is 164 Å². The SMILES string of the molecule is Cc1cccc2nc(Nc3cccnc3Oc3ccccc3C(C)(C)C)[nH]c12. The van der Waals surface area contributed by atoms with Gasteiger partial charge >= 0.3 is 0 Å². The van der Waals surface area contributed by atoms with Gasteiger partial charge in [0.05, 0.1) is 11.0 Å². The number of anilines is 2. The maximum absolute atomic E-state index is 6.22. The highest BCUT2D eigenvalue weighted by Gasteiger charge is 2.20. The van der Waals surface area contributed by atoms with E-state index in [-0.39, 0.29) is 5.41 Å². The number of nitrogens with zero attached hydrogens (tertiary/aromatic N) is 2. The monoisotopic (exact) mass is 372 g/mol. The standard InChI is InChI=1S/C23H24N4O/c1-15-9-7-11-17-20(15)27-22(25-17)26-18-12-8-14-24-21(18)28-19-13-6-5-10-16(19)23(2,3)4/h5-14H,1-4H3,(H2,25,26,27). The maximum Gasteiger partial charge on any atom is 0.243 e. The molecule has 5 heteroatoms. The Morgan fingerprint density at radius 3 is 2.57 bits per heavy atom. The molecule has 0 aliphatic rings. The summed E-state index contributed by atoms with van der Waals surface area (Å²) in [5.41, 5.74) is 4.95. The molecule has 28 heavy (non-hydrogen) atoms. The van der Waals surface area contributed by atoms with Crippen molar-refractivity contribution in [2.75, 3.05) is 5.32 Å². The Hall–Kier alpha value is -3.34. The first-order valence-electron chi connectivity index (χ1n) is 9.36. The Morgan fingerprint density at radius 2 is 1.79 bits per heavy atom. The number of nitrogens with one attached hydrogen (secondary N) is 2. The first-order valence-corrected chi connectivity index (χ1v) is 9.36. The minimum Gasteiger partial charge on any atom is -0.437 e. The fourth-order valence-corrected chi connectivity index (χ4v) is 3.21. The lowest BCUT2D eigenvalue weighted by Crippen LogP contribution is -2.12. The molecule has 4 rings (SSSR count). The normalized spacial score (nSPS) is 11.6. The highest BCUT2D eigenvalue weighted by atomic mass is 16.5. The number of rotatable bonds is 4. The van der Waals surface area contributed by atoms with Crippen molar-refractivity contribution in [3.63, 3.8) is 0 Å². The van der Waals surface area contributed by atoms with Gasteiger partial charge in [-0.25, -0.2) is 9.97 Å². The Balaban J connectivity index is 1.67. The van der Waals surface area contributed by atoms with Gasteiger partial charge in [0, 0.05) is 11.8 Å². The summed E-state index contributed by atoms with van der Waals surface area (Å²) in [6.45, 7) is 8.57. The second-order valence-corrected chi connectivity index (χ2v) is 7.88. The number of hydrogen-bond acceptors (Lipinski definition) is 4. The molecular formula is C23H24N4O. The smallest absolute Gasteiger partial charge is 0.243 e. The highest BCUT2D eigenvalue weighted by Crippen LogP contribution is 2.36. The number of pyridine rings is 1. The molecule has 0 aliphatic heterocycles. The average molecular weight is 372 g/mol.